The molecule has 11 nitrogen and oxygen atoms in total. The Kier molecular flexibility index (Phi) is 11.9. The highest BCUT2D eigenvalue weighted by molar-refractivity contribution is 7.89. The van der Waals surface area contributed by atoms with Crippen LogP contribution in [0.2, 0.25) is 0 Å². The number of benzene rings is 1. The van der Waals surface area contributed by atoms with Crippen molar-refractivity contribution in [3.05, 3.63) is 29.8 Å². The summed E-state index contributed by atoms with van der Waals surface area (Å²) in [5.41, 5.74) is 1.37. The van der Waals surface area contributed by atoms with E-state index in [-0.39, 0.29) is 31.2 Å². The Bertz CT molecular complexity index is 1070. The molecule has 218 valence electrons. The van der Waals surface area contributed by atoms with Crippen LogP contribution in [0.4, 0.5) is 4.79 Å². The number of carbonyl (C=O) groups is 2. The molecule has 1 unspecified atom stereocenters. The van der Waals surface area contributed by atoms with E-state index >= 15 is 0 Å². The third-order valence-electron chi connectivity index (χ3n) is 6.90. The molecular formula is C27H41N3O8S. The van der Waals surface area contributed by atoms with E-state index in [0.29, 0.717) is 56.5 Å². The van der Waals surface area contributed by atoms with Gasteiger partial charge < -0.3 is 24.3 Å². The monoisotopic (exact) mass is 567 g/mol. The van der Waals surface area contributed by atoms with Crippen molar-refractivity contribution < 1.29 is 37.4 Å². The fraction of sp³-hybridized carbons (Fsp3) is 0.667. The fourth-order valence-corrected chi connectivity index (χ4v) is 6.17. The van der Waals surface area contributed by atoms with E-state index in [4.69, 9.17) is 19.4 Å². The predicted octanol–water partition coefficient (Wildman–Crippen LogP) is 4.07. The molecule has 39 heavy (non-hydrogen) atoms. The number of unbranched alkanes of at least 4 members (excludes halogenated alkanes) is 2. The summed E-state index contributed by atoms with van der Waals surface area (Å²) in [5.74, 6) is -0.0756. The van der Waals surface area contributed by atoms with Gasteiger partial charge in [-0.3, -0.25) is 4.79 Å². The first-order chi connectivity index (χ1) is 18.7. The molecule has 2 heterocycles. The van der Waals surface area contributed by atoms with Gasteiger partial charge >= 0.3 is 12.1 Å². The predicted molar refractivity (Wildman–Crippen MR) is 146 cm³/mol. The number of likely N-dealkylation sites (tertiary alicyclic amines) is 1. The normalized spacial score (nSPS) is 18.1. The number of carbonyl (C=O) groups excluding carboxylic acids is 1. The number of sulfonamides is 1. The van der Waals surface area contributed by atoms with Gasteiger partial charge in [-0.05, 0) is 61.4 Å². The summed E-state index contributed by atoms with van der Waals surface area (Å²) in [5, 5.41) is 13.2. The number of carboxylic acid groups (broad SMARTS) is 1. The number of aliphatic carboxylic acids is 1. The van der Waals surface area contributed by atoms with Gasteiger partial charge in [-0.2, -0.15) is 4.31 Å². The van der Waals surface area contributed by atoms with Crippen LogP contribution in [0.1, 0.15) is 70.8 Å². The number of oxime groups is 1. The summed E-state index contributed by atoms with van der Waals surface area (Å²) in [6.07, 6.45) is 3.59. The van der Waals surface area contributed by atoms with Gasteiger partial charge in [-0.15, -0.1) is 0 Å². The van der Waals surface area contributed by atoms with Crippen molar-refractivity contribution in [2.45, 2.75) is 71.4 Å². The lowest BCUT2D eigenvalue weighted by atomic mass is 9.98. The van der Waals surface area contributed by atoms with Crippen molar-refractivity contribution in [1.82, 2.24) is 9.21 Å². The molecule has 3 rings (SSSR count). The molecule has 0 aliphatic carbocycles. The summed E-state index contributed by atoms with van der Waals surface area (Å²) >= 11 is 0. The lowest BCUT2D eigenvalue weighted by Gasteiger charge is -2.31. The van der Waals surface area contributed by atoms with Gasteiger partial charge in [0.1, 0.15) is 5.75 Å². The zero-order valence-electron chi connectivity index (χ0n) is 22.9. The number of rotatable bonds is 15. The van der Waals surface area contributed by atoms with Crippen LogP contribution in [0.15, 0.2) is 29.4 Å². The second-order valence-electron chi connectivity index (χ2n) is 9.96. The van der Waals surface area contributed by atoms with Gasteiger partial charge in [0, 0.05) is 26.1 Å². The molecule has 1 amide bonds. The minimum Gasteiger partial charge on any atom is -0.493 e. The van der Waals surface area contributed by atoms with E-state index in [1.807, 2.05) is 31.2 Å². The minimum atomic E-state index is -3.68. The Hall–Kier alpha value is -2.86. The van der Waals surface area contributed by atoms with Crippen molar-refractivity contribution in [2.75, 3.05) is 38.6 Å². The topological polar surface area (TPSA) is 135 Å². The molecule has 1 saturated heterocycles. The second-order valence-corrected chi connectivity index (χ2v) is 12.0. The average molecular weight is 568 g/mol. The lowest BCUT2D eigenvalue weighted by molar-refractivity contribution is -0.137. The van der Waals surface area contributed by atoms with Crippen molar-refractivity contribution in [3.63, 3.8) is 0 Å². The maximum absolute atomic E-state index is 12.8. The molecule has 0 spiro atoms. The first-order valence-electron chi connectivity index (χ1n) is 13.8. The molecule has 0 radical (unpaired) electrons. The van der Waals surface area contributed by atoms with Crippen LogP contribution in [0.25, 0.3) is 0 Å². The fourth-order valence-electron chi connectivity index (χ4n) is 4.44. The van der Waals surface area contributed by atoms with Crippen LogP contribution in [-0.2, 0) is 24.4 Å². The first-order valence-corrected chi connectivity index (χ1v) is 15.4. The maximum atomic E-state index is 12.8. The van der Waals surface area contributed by atoms with Crippen molar-refractivity contribution in [1.29, 1.82) is 0 Å². The van der Waals surface area contributed by atoms with Gasteiger partial charge in [-0.25, -0.2) is 13.2 Å². The highest BCUT2D eigenvalue weighted by atomic mass is 32.2. The van der Waals surface area contributed by atoms with Gasteiger partial charge in [-0.1, -0.05) is 31.8 Å². The van der Waals surface area contributed by atoms with Crippen molar-refractivity contribution in [3.8, 4) is 5.75 Å². The molecule has 1 fully saturated rings. The van der Waals surface area contributed by atoms with E-state index in [9.17, 15) is 18.0 Å². The van der Waals surface area contributed by atoms with E-state index in [2.05, 4.69) is 12.1 Å². The van der Waals surface area contributed by atoms with E-state index < -0.39 is 22.2 Å². The zero-order valence-corrected chi connectivity index (χ0v) is 23.7. The summed E-state index contributed by atoms with van der Waals surface area (Å²) in [6, 6.07) is 7.38. The molecule has 1 N–H and O–H groups in total. The van der Waals surface area contributed by atoms with Gasteiger partial charge in [0.05, 0.1) is 31.1 Å². The Balaban J connectivity index is 1.48. The quantitative estimate of drug-likeness (QED) is 0.313. The van der Waals surface area contributed by atoms with E-state index in [0.717, 1.165) is 35.6 Å². The number of hydrogen-bond donors (Lipinski definition) is 1. The summed E-state index contributed by atoms with van der Waals surface area (Å²) in [4.78, 5) is 30.4. The highest BCUT2D eigenvalue weighted by Gasteiger charge is 2.36. The Labute approximate surface area is 231 Å². The van der Waals surface area contributed by atoms with Crippen LogP contribution < -0.4 is 4.74 Å². The Morgan fingerprint density at radius 2 is 1.82 bits per heavy atom. The molecule has 2 aliphatic heterocycles. The molecule has 1 aromatic rings. The molecule has 1 aromatic carbocycles. The van der Waals surface area contributed by atoms with Gasteiger partial charge in [0.2, 0.25) is 10.0 Å². The molecule has 12 heteroatoms. The third kappa shape index (κ3) is 9.38. The van der Waals surface area contributed by atoms with Crippen molar-refractivity contribution in [2.24, 2.45) is 11.1 Å². The van der Waals surface area contributed by atoms with E-state index in [1.165, 1.54) is 0 Å². The van der Waals surface area contributed by atoms with Crippen molar-refractivity contribution >= 4 is 27.8 Å². The summed E-state index contributed by atoms with van der Waals surface area (Å²) in [6.45, 7) is 6.14. The highest BCUT2D eigenvalue weighted by Crippen LogP contribution is 2.25. The van der Waals surface area contributed by atoms with Crippen LogP contribution in [-0.4, -0.2) is 85.3 Å². The van der Waals surface area contributed by atoms with Gasteiger partial charge in [0.25, 0.3) is 0 Å². The molecule has 0 saturated carbocycles. The van der Waals surface area contributed by atoms with Crippen LogP contribution in [0.5, 0.6) is 5.75 Å². The standard InChI is InChI=1S/C27H41N3O8S/c1-3-5-17-36-27(33)29-14-11-21(12-15-29)20-37-23-9-7-22(8-10-23)24-19-25(38-28-24)30(16-13-26(31)32)39(34,35)18-6-4-2/h7-10,21,25H,3-6,11-20H2,1-2H3,(H,31,32). The Morgan fingerprint density at radius 3 is 2.46 bits per heavy atom. The second kappa shape index (κ2) is 15.1. The van der Waals surface area contributed by atoms with Crippen LogP contribution in [0, 0.1) is 5.92 Å². The number of amides is 1. The maximum Gasteiger partial charge on any atom is 0.409 e. The number of nitrogens with zero attached hydrogens (tertiary/aromatic N) is 3. The average Bonchev–Trinajstić information content (AvgIpc) is 3.41. The van der Waals surface area contributed by atoms with E-state index in [1.54, 1.807) is 4.90 Å². The molecule has 2 aliphatic rings. The molecular weight excluding hydrogens is 526 g/mol. The summed E-state index contributed by atoms with van der Waals surface area (Å²) in [7, 11) is -3.68. The molecule has 0 aromatic heterocycles. The number of ether oxygens (including phenoxy) is 2. The first kappa shape index (κ1) is 30.7. The third-order valence-corrected chi connectivity index (χ3v) is 8.84. The molecule has 0 bridgehead atoms. The minimum absolute atomic E-state index is 0.0631. The van der Waals surface area contributed by atoms with Crippen LogP contribution >= 0.6 is 0 Å². The zero-order chi connectivity index (χ0) is 28.3. The number of piperidine rings is 1. The Morgan fingerprint density at radius 1 is 1.13 bits per heavy atom. The van der Waals surface area contributed by atoms with Crippen LogP contribution in [0.3, 0.4) is 0 Å². The van der Waals surface area contributed by atoms with Gasteiger partial charge in [0.15, 0.2) is 6.23 Å². The largest absolute Gasteiger partial charge is 0.493 e. The number of carboxylic acids is 1. The summed E-state index contributed by atoms with van der Waals surface area (Å²) < 4.78 is 38.1. The lowest BCUT2D eigenvalue weighted by Crippen LogP contribution is -2.43. The SMILES string of the molecule is CCCCOC(=O)N1CCC(COc2ccc(C3=NOC(N(CCC(=O)O)S(=O)(=O)CCCC)C3)cc2)CC1. The number of hydrogen-bond acceptors (Lipinski definition) is 8. The smallest absolute Gasteiger partial charge is 0.409 e. The molecule has 1 atom stereocenters.